The predicted molar refractivity (Wildman–Crippen MR) is 89.0 cm³/mol. The zero-order chi connectivity index (χ0) is 17.4. The molecule has 1 aromatic heterocycles. The van der Waals surface area contributed by atoms with Crippen molar-refractivity contribution in [3.8, 4) is 5.75 Å². The third-order valence-corrected chi connectivity index (χ3v) is 3.26. The zero-order valence-corrected chi connectivity index (χ0v) is 13.6. The molecule has 0 bridgehead atoms. The number of rotatable bonds is 9. The Morgan fingerprint density at radius 1 is 1.29 bits per heavy atom. The fraction of sp³-hybridized carbons (Fsp3) is 0.353. The Bertz CT molecular complexity index is 697. The molecule has 0 saturated heterocycles. The fourth-order valence-corrected chi connectivity index (χ4v) is 2.14. The molecule has 0 aliphatic heterocycles. The molecule has 0 aliphatic carbocycles. The minimum absolute atomic E-state index is 0.147. The maximum Gasteiger partial charge on any atom is 0.325 e. The van der Waals surface area contributed by atoms with Crippen LogP contribution in [0.3, 0.4) is 0 Å². The number of carboxylic acid groups (broad SMARTS) is 1. The van der Waals surface area contributed by atoms with E-state index in [0.29, 0.717) is 25.3 Å². The lowest BCUT2D eigenvalue weighted by molar-refractivity contribution is -0.137. The van der Waals surface area contributed by atoms with Crippen LogP contribution < -0.4 is 10.1 Å². The van der Waals surface area contributed by atoms with Crippen LogP contribution >= 0.6 is 0 Å². The second-order valence-corrected chi connectivity index (χ2v) is 5.46. The molecular formula is C17H21N3O4. The van der Waals surface area contributed by atoms with Crippen molar-refractivity contribution in [1.82, 2.24) is 9.78 Å². The Morgan fingerprint density at radius 2 is 2.12 bits per heavy atom. The molecule has 0 saturated carbocycles. The number of carbonyl (C=O) groups is 2. The summed E-state index contributed by atoms with van der Waals surface area (Å²) in [5.74, 6) is 0.0661. The highest BCUT2D eigenvalue weighted by Gasteiger charge is 2.06. The van der Waals surface area contributed by atoms with Gasteiger partial charge >= 0.3 is 5.97 Å². The second kappa shape index (κ2) is 8.71. The van der Waals surface area contributed by atoms with Crippen molar-refractivity contribution >= 4 is 17.7 Å². The van der Waals surface area contributed by atoms with Crippen molar-refractivity contribution in [3.05, 3.63) is 42.1 Å². The lowest BCUT2D eigenvalue weighted by atomic mass is 10.2. The Labute approximate surface area is 140 Å². The van der Waals surface area contributed by atoms with Crippen molar-refractivity contribution in [2.45, 2.75) is 32.7 Å². The third kappa shape index (κ3) is 6.12. The van der Waals surface area contributed by atoms with Gasteiger partial charge in [-0.2, -0.15) is 5.10 Å². The van der Waals surface area contributed by atoms with E-state index in [1.54, 1.807) is 6.07 Å². The maximum absolute atomic E-state index is 11.8. The Balaban J connectivity index is 1.63. The number of hydrogen-bond acceptors (Lipinski definition) is 4. The quantitative estimate of drug-likeness (QED) is 0.689. The first-order valence-corrected chi connectivity index (χ1v) is 7.77. The van der Waals surface area contributed by atoms with E-state index in [9.17, 15) is 9.59 Å². The SMILES string of the molecule is Cc1cccc(OCCCCC(=O)Nc2ccn(CC(=O)O)n2)c1. The summed E-state index contributed by atoms with van der Waals surface area (Å²) in [5, 5.41) is 15.3. The van der Waals surface area contributed by atoms with Crippen LogP contribution in [0.4, 0.5) is 5.82 Å². The molecule has 128 valence electrons. The van der Waals surface area contributed by atoms with E-state index in [0.717, 1.165) is 17.7 Å². The zero-order valence-electron chi connectivity index (χ0n) is 13.6. The summed E-state index contributed by atoms with van der Waals surface area (Å²) in [6, 6.07) is 9.41. The Morgan fingerprint density at radius 3 is 2.88 bits per heavy atom. The number of nitrogens with zero attached hydrogens (tertiary/aromatic N) is 2. The van der Waals surface area contributed by atoms with Crippen LogP contribution in [-0.4, -0.2) is 33.4 Å². The lowest BCUT2D eigenvalue weighted by Crippen LogP contribution is -2.13. The number of ether oxygens (including phenoxy) is 1. The van der Waals surface area contributed by atoms with Crippen LogP contribution in [0.5, 0.6) is 5.75 Å². The summed E-state index contributed by atoms with van der Waals surface area (Å²) >= 11 is 0. The highest BCUT2D eigenvalue weighted by atomic mass is 16.5. The Hall–Kier alpha value is -2.83. The molecule has 0 aliphatic rings. The molecule has 7 nitrogen and oxygen atoms in total. The van der Waals surface area contributed by atoms with E-state index in [4.69, 9.17) is 9.84 Å². The lowest BCUT2D eigenvalue weighted by Gasteiger charge is -2.06. The van der Waals surface area contributed by atoms with E-state index in [-0.39, 0.29) is 12.5 Å². The van der Waals surface area contributed by atoms with Crippen molar-refractivity contribution in [3.63, 3.8) is 0 Å². The molecule has 24 heavy (non-hydrogen) atoms. The van der Waals surface area contributed by atoms with Crippen LogP contribution in [0.25, 0.3) is 0 Å². The molecule has 2 N–H and O–H groups in total. The molecule has 0 atom stereocenters. The summed E-state index contributed by atoms with van der Waals surface area (Å²) in [5.41, 5.74) is 1.15. The molecule has 2 rings (SSSR count). The molecule has 1 amide bonds. The smallest absolute Gasteiger partial charge is 0.325 e. The minimum atomic E-state index is -0.982. The molecule has 0 spiro atoms. The van der Waals surface area contributed by atoms with Crippen LogP contribution in [0.2, 0.25) is 0 Å². The van der Waals surface area contributed by atoms with E-state index in [1.165, 1.54) is 10.9 Å². The average molecular weight is 331 g/mol. The first-order valence-electron chi connectivity index (χ1n) is 7.77. The van der Waals surface area contributed by atoms with Gasteiger partial charge in [-0.3, -0.25) is 14.3 Å². The molecule has 0 unspecified atom stereocenters. The summed E-state index contributed by atoms with van der Waals surface area (Å²) in [4.78, 5) is 22.4. The number of carboxylic acids is 1. The predicted octanol–water partition coefficient (Wildman–Crippen LogP) is 2.46. The number of aliphatic carboxylic acids is 1. The van der Waals surface area contributed by atoms with Gasteiger partial charge in [0, 0.05) is 18.7 Å². The molecule has 1 heterocycles. The monoisotopic (exact) mass is 331 g/mol. The highest BCUT2D eigenvalue weighted by molar-refractivity contribution is 5.89. The van der Waals surface area contributed by atoms with Crippen LogP contribution in [0, 0.1) is 6.92 Å². The van der Waals surface area contributed by atoms with Gasteiger partial charge in [-0.1, -0.05) is 12.1 Å². The largest absolute Gasteiger partial charge is 0.494 e. The molecule has 0 fully saturated rings. The van der Waals surface area contributed by atoms with Crippen molar-refractivity contribution < 1.29 is 19.4 Å². The third-order valence-electron chi connectivity index (χ3n) is 3.26. The van der Waals surface area contributed by atoms with E-state index in [1.807, 2.05) is 31.2 Å². The number of aryl methyl sites for hydroxylation is 1. The molecule has 2 aromatic rings. The molecule has 7 heteroatoms. The Kier molecular flexibility index (Phi) is 6.36. The number of anilines is 1. The number of unbranched alkanes of at least 4 members (excludes halogenated alkanes) is 1. The van der Waals surface area contributed by atoms with Gasteiger partial charge in [0.05, 0.1) is 6.61 Å². The molecule has 0 radical (unpaired) electrons. The average Bonchev–Trinajstić information content (AvgIpc) is 2.93. The van der Waals surface area contributed by atoms with Gasteiger partial charge in [0.1, 0.15) is 12.3 Å². The standard InChI is InChI=1S/C17H21N3O4/c1-13-5-4-6-14(11-13)24-10-3-2-7-16(21)18-15-8-9-20(19-15)12-17(22)23/h4-6,8-9,11H,2-3,7,10,12H2,1H3,(H,22,23)(H,18,19,21). The minimum Gasteiger partial charge on any atom is -0.494 e. The summed E-state index contributed by atoms with van der Waals surface area (Å²) in [6.45, 7) is 2.34. The number of nitrogens with one attached hydrogen (secondary N) is 1. The van der Waals surface area contributed by atoms with Gasteiger partial charge in [-0.25, -0.2) is 0 Å². The van der Waals surface area contributed by atoms with E-state index < -0.39 is 5.97 Å². The summed E-state index contributed by atoms with van der Waals surface area (Å²) in [7, 11) is 0. The van der Waals surface area contributed by atoms with Gasteiger partial charge in [0.15, 0.2) is 5.82 Å². The first kappa shape index (κ1) is 17.5. The van der Waals surface area contributed by atoms with Gasteiger partial charge in [-0.05, 0) is 37.5 Å². The van der Waals surface area contributed by atoms with Crippen molar-refractivity contribution in [1.29, 1.82) is 0 Å². The van der Waals surface area contributed by atoms with Crippen molar-refractivity contribution in [2.75, 3.05) is 11.9 Å². The van der Waals surface area contributed by atoms with E-state index >= 15 is 0 Å². The van der Waals surface area contributed by atoms with Gasteiger partial charge in [0.25, 0.3) is 0 Å². The van der Waals surface area contributed by atoms with Crippen LogP contribution in [0.15, 0.2) is 36.5 Å². The van der Waals surface area contributed by atoms with Gasteiger partial charge in [-0.15, -0.1) is 0 Å². The number of aromatic nitrogens is 2. The number of carbonyl (C=O) groups excluding carboxylic acids is 1. The highest BCUT2D eigenvalue weighted by Crippen LogP contribution is 2.13. The second-order valence-electron chi connectivity index (χ2n) is 5.46. The van der Waals surface area contributed by atoms with E-state index in [2.05, 4.69) is 10.4 Å². The summed E-state index contributed by atoms with van der Waals surface area (Å²) < 4.78 is 6.88. The van der Waals surface area contributed by atoms with Crippen LogP contribution in [-0.2, 0) is 16.1 Å². The van der Waals surface area contributed by atoms with Crippen molar-refractivity contribution in [2.24, 2.45) is 0 Å². The number of hydrogen-bond donors (Lipinski definition) is 2. The number of benzene rings is 1. The molecule has 1 aromatic carbocycles. The number of amides is 1. The van der Waals surface area contributed by atoms with Crippen LogP contribution in [0.1, 0.15) is 24.8 Å². The maximum atomic E-state index is 11.8. The normalized spacial score (nSPS) is 10.4. The fourth-order valence-electron chi connectivity index (χ4n) is 2.14. The first-order chi connectivity index (χ1) is 11.5. The molecular weight excluding hydrogens is 310 g/mol. The topological polar surface area (TPSA) is 93.5 Å². The summed E-state index contributed by atoms with van der Waals surface area (Å²) in [6.07, 6.45) is 3.35. The van der Waals surface area contributed by atoms with Gasteiger partial charge in [0.2, 0.25) is 5.91 Å². The van der Waals surface area contributed by atoms with Gasteiger partial charge < -0.3 is 15.2 Å².